The minimum atomic E-state index is -0.0437. The monoisotopic (exact) mass is 182 g/mol. The van der Waals surface area contributed by atoms with Crippen molar-refractivity contribution in [2.24, 2.45) is 23.7 Å². The third-order valence-corrected chi connectivity index (χ3v) is 4.31. The molecule has 2 heteroatoms. The first-order valence-electron chi connectivity index (χ1n) is 5.64. The van der Waals surface area contributed by atoms with Gasteiger partial charge in [-0.2, -0.15) is 0 Å². The lowest BCUT2D eigenvalue weighted by atomic mass is 9.94. The molecule has 0 radical (unpaired) electrons. The number of fused-ring (bicyclic) bond motifs is 1. The van der Waals surface area contributed by atoms with E-state index in [1.807, 2.05) is 0 Å². The highest BCUT2D eigenvalue weighted by Crippen LogP contribution is 2.60. The molecule has 3 rings (SSSR count). The van der Waals surface area contributed by atoms with Gasteiger partial charge in [-0.3, -0.25) is 0 Å². The summed E-state index contributed by atoms with van der Waals surface area (Å²) in [7, 11) is 0. The highest BCUT2D eigenvalue weighted by atomic mass is 16.5. The molecule has 74 valence electrons. The quantitative estimate of drug-likeness (QED) is 0.700. The topological polar surface area (TPSA) is 29.5 Å². The smallest absolute Gasteiger partial charge is 0.0624 e. The van der Waals surface area contributed by atoms with Crippen molar-refractivity contribution in [1.82, 2.24) is 0 Å². The second-order valence-corrected chi connectivity index (χ2v) is 4.95. The van der Waals surface area contributed by atoms with Crippen molar-refractivity contribution >= 4 is 0 Å². The Morgan fingerprint density at radius 1 is 1.15 bits per heavy atom. The van der Waals surface area contributed by atoms with Crippen LogP contribution in [0.5, 0.6) is 0 Å². The molecule has 4 unspecified atom stereocenters. The molecule has 3 aliphatic rings. The Morgan fingerprint density at radius 2 is 1.92 bits per heavy atom. The van der Waals surface area contributed by atoms with Crippen molar-refractivity contribution in [2.75, 3.05) is 13.2 Å². The zero-order chi connectivity index (χ0) is 8.84. The zero-order valence-corrected chi connectivity index (χ0v) is 7.98. The van der Waals surface area contributed by atoms with E-state index in [0.717, 1.165) is 31.5 Å². The van der Waals surface area contributed by atoms with E-state index in [1.165, 1.54) is 19.3 Å². The van der Waals surface area contributed by atoms with Crippen LogP contribution in [0.25, 0.3) is 0 Å². The Morgan fingerprint density at radius 3 is 2.54 bits per heavy atom. The third-order valence-electron chi connectivity index (χ3n) is 4.31. The number of aliphatic hydroxyl groups excluding tert-OH is 1. The Kier molecular flexibility index (Phi) is 1.88. The van der Waals surface area contributed by atoms with Gasteiger partial charge >= 0.3 is 0 Å². The van der Waals surface area contributed by atoms with Crippen molar-refractivity contribution < 1.29 is 9.84 Å². The molecule has 13 heavy (non-hydrogen) atoms. The van der Waals surface area contributed by atoms with Gasteiger partial charge in [0.1, 0.15) is 0 Å². The van der Waals surface area contributed by atoms with Crippen LogP contribution in [0, 0.1) is 23.7 Å². The van der Waals surface area contributed by atoms with Crippen molar-refractivity contribution in [3.63, 3.8) is 0 Å². The molecule has 2 aliphatic carbocycles. The summed E-state index contributed by atoms with van der Waals surface area (Å²) in [6, 6.07) is 0. The van der Waals surface area contributed by atoms with E-state index in [1.54, 1.807) is 0 Å². The van der Waals surface area contributed by atoms with Crippen LogP contribution in [-0.4, -0.2) is 24.4 Å². The highest BCUT2D eigenvalue weighted by molar-refractivity contribution is 5.05. The number of ether oxygens (including phenoxy) is 1. The molecule has 4 atom stereocenters. The van der Waals surface area contributed by atoms with Crippen molar-refractivity contribution in [3.05, 3.63) is 0 Å². The standard InChI is InChI=1S/C11H18O2/c12-11(7-4-5-13-6-7)10-8-2-1-3-9(8)10/h7-12H,1-6H2. The van der Waals surface area contributed by atoms with E-state index in [0.29, 0.717) is 11.8 Å². The van der Waals surface area contributed by atoms with Crippen molar-refractivity contribution in [2.45, 2.75) is 31.8 Å². The van der Waals surface area contributed by atoms with Crippen LogP contribution in [0.3, 0.4) is 0 Å². The second-order valence-electron chi connectivity index (χ2n) is 4.95. The number of aliphatic hydroxyl groups is 1. The van der Waals surface area contributed by atoms with Gasteiger partial charge in [0.05, 0.1) is 12.7 Å². The van der Waals surface area contributed by atoms with Gasteiger partial charge in [0, 0.05) is 12.5 Å². The maximum atomic E-state index is 10.1. The van der Waals surface area contributed by atoms with Crippen molar-refractivity contribution in [1.29, 1.82) is 0 Å². The first-order valence-corrected chi connectivity index (χ1v) is 5.64. The molecule has 0 aromatic heterocycles. The highest BCUT2D eigenvalue weighted by Gasteiger charge is 2.57. The minimum Gasteiger partial charge on any atom is -0.392 e. The molecule has 0 aromatic carbocycles. The summed E-state index contributed by atoms with van der Waals surface area (Å²) in [6.45, 7) is 1.67. The van der Waals surface area contributed by atoms with E-state index in [9.17, 15) is 5.11 Å². The summed E-state index contributed by atoms with van der Waals surface area (Å²) in [5.74, 6) is 2.88. The van der Waals surface area contributed by atoms with Gasteiger partial charge in [0.2, 0.25) is 0 Å². The third kappa shape index (κ3) is 1.23. The van der Waals surface area contributed by atoms with Crippen LogP contribution in [0.4, 0.5) is 0 Å². The molecule has 1 saturated heterocycles. The van der Waals surface area contributed by atoms with Gasteiger partial charge < -0.3 is 9.84 Å². The first-order chi connectivity index (χ1) is 6.38. The fourth-order valence-electron chi connectivity index (χ4n) is 3.52. The van der Waals surface area contributed by atoms with Gasteiger partial charge in [-0.25, -0.2) is 0 Å². The molecule has 1 aliphatic heterocycles. The Bertz CT molecular complexity index is 188. The maximum Gasteiger partial charge on any atom is 0.0624 e. The molecule has 0 spiro atoms. The zero-order valence-electron chi connectivity index (χ0n) is 7.98. The predicted molar refractivity (Wildman–Crippen MR) is 49.3 cm³/mol. The molecule has 0 bridgehead atoms. The van der Waals surface area contributed by atoms with Crippen LogP contribution < -0.4 is 0 Å². The average Bonchev–Trinajstić information content (AvgIpc) is 2.68. The van der Waals surface area contributed by atoms with E-state index in [4.69, 9.17) is 4.74 Å². The van der Waals surface area contributed by atoms with Crippen LogP contribution in [0.1, 0.15) is 25.7 Å². The number of hydrogen-bond acceptors (Lipinski definition) is 2. The molecular formula is C11H18O2. The van der Waals surface area contributed by atoms with E-state index in [-0.39, 0.29) is 6.10 Å². The molecular weight excluding hydrogens is 164 g/mol. The molecule has 2 nitrogen and oxygen atoms in total. The predicted octanol–water partition coefficient (Wildman–Crippen LogP) is 1.43. The summed E-state index contributed by atoms with van der Waals surface area (Å²) < 4.78 is 5.32. The summed E-state index contributed by atoms with van der Waals surface area (Å²) in [6.07, 6.45) is 5.19. The largest absolute Gasteiger partial charge is 0.392 e. The second kappa shape index (κ2) is 2.96. The number of rotatable bonds is 2. The van der Waals surface area contributed by atoms with Crippen LogP contribution in [0.15, 0.2) is 0 Å². The Balaban J connectivity index is 1.60. The lowest BCUT2D eigenvalue weighted by Crippen LogP contribution is -2.24. The minimum absolute atomic E-state index is 0.0437. The summed E-state index contributed by atoms with van der Waals surface area (Å²) in [5, 5.41) is 10.1. The van der Waals surface area contributed by atoms with Gasteiger partial charge in [0.15, 0.2) is 0 Å². The summed E-state index contributed by atoms with van der Waals surface area (Å²) in [5.41, 5.74) is 0. The van der Waals surface area contributed by atoms with E-state index in [2.05, 4.69) is 0 Å². The Hall–Kier alpha value is -0.0800. The molecule has 3 fully saturated rings. The van der Waals surface area contributed by atoms with Gasteiger partial charge in [-0.15, -0.1) is 0 Å². The molecule has 1 N–H and O–H groups in total. The van der Waals surface area contributed by atoms with Gasteiger partial charge in [-0.05, 0) is 37.0 Å². The summed E-state index contributed by atoms with van der Waals surface area (Å²) >= 11 is 0. The normalized spacial score (nSPS) is 50.5. The summed E-state index contributed by atoms with van der Waals surface area (Å²) in [4.78, 5) is 0. The fourth-order valence-corrected chi connectivity index (χ4v) is 3.52. The fraction of sp³-hybridized carbons (Fsp3) is 1.00. The van der Waals surface area contributed by atoms with E-state index >= 15 is 0 Å². The number of hydrogen-bond donors (Lipinski definition) is 1. The lowest BCUT2D eigenvalue weighted by molar-refractivity contribution is 0.0638. The van der Waals surface area contributed by atoms with E-state index < -0.39 is 0 Å². The Labute approximate surface area is 79.3 Å². The van der Waals surface area contributed by atoms with Gasteiger partial charge in [-0.1, -0.05) is 6.42 Å². The van der Waals surface area contributed by atoms with Crippen LogP contribution in [-0.2, 0) is 4.74 Å². The molecule has 2 saturated carbocycles. The molecule has 0 amide bonds. The maximum absolute atomic E-state index is 10.1. The van der Waals surface area contributed by atoms with Crippen LogP contribution in [0.2, 0.25) is 0 Å². The SMILES string of the molecule is OC(C1CCOC1)C1C2CCCC21. The molecule has 1 heterocycles. The average molecular weight is 182 g/mol. The van der Waals surface area contributed by atoms with Crippen LogP contribution >= 0.6 is 0 Å². The lowest BCUT2D eigenvalue weighted by Gasteiger charge is -2.17. The first kappa shape index (κ1) is 8.25. The van der Waals surface area contributed by atoms with Gasteiger partial charge in [0.25, 0.3) is 0 Å². The molecule has 0 aromatic rings. The van der Waals surface area contributed by atoms with Crippen molar-refractivity contribution in [3.8, 4) is 0 Å².